The van der Waals surface area contributed by atoms with E-state index >= 15 is 0 Å². The van der Waals surface area contributed by atoms with Crippen LogP contribution < -0.4 is 5.32 Å². The average Bonchev–Trinajstić information content (AvgIpc) is 3.47. The average molecular weight is 395 g/mol. The van der Waals surface area contributed by atoms with Gasteiger partial charge in [-0.15, -0.1) is 11.3 Å². The first-order valence-electron chi connectivity index (χ1n) is 9.68. The molecule has 1 amide bonds. The summed E-state index contributed by atoms with van der Waals surface area (Å²) in [5, 5.41) is 3.54. The maximum absolute atomic E-state index is 12.7. The summed E-state index contributed by atoms with van der Waals surface area (Å²) in [6.45, 7) is 0.689. The van der Waals surface area contributed by atoms with E-state index in [1.165, 1.54) is 16.8 Å². The molecule has 2 aliphatic rings. The van der Waals surface area contributed by atoms with Crippen molar-refractivity contribution in [2.45, 2.75) is 44.1 Å². The zero-order valence-electron chi connectivity index (χ0n) is 15.4. The summed E-state index contributed by atoms with van der Waals surface area (Å²) in [6.07, 6.45) is 5.93. The molecule has 1 saturated heterocycles. The molecule has 1 aliphatic carbocycles. The number of aromatic nitrogens is 2. The molecule has 0 spiro atoms. The van der Waals surface area contributed by atoms with E-state index in [-0.39, 0.29) is 12.0 Å². The maximum Gasteiger partial charge on any atom is 0.279 e. The Morgan fingerprint density at radius 3 is 2.93 bits per heavy atom. The number of hydrogen-bond acceptors (Lipinski definition) is 6. The Morgan fingerprint density at radius 2 is 2.11 bits per heavy atom. The van der Waals surface area contributed by atoms with Gasteiger partial charge in [-0.2, -0.15) is 0 Å². The van der Waals surface area contributed by atoms with Crippen LogP contribution in [0.3, 0.4) is 0 Å². The lowest BCUT2D eigenvalue weighted by Gasteiger charge is -2.21. The lowest BCUT2D eigenvalue weighted by atomic mass is 9.85. The van der Waals surface area contributed by atoms with Gasteiger partial charge in [0.2, 0.25) is 0 Å². The van der Waals surface area contributed by atoms with Crippen molar-refractivity contribution >= 4 is 22.4 Å². The third-order valence-corrected chi connectivity index (χ3v) is 6.50. The quantitative estimate of drug-likeness (QED) is 0.703. The van der Waals surface area contributed by atoms with E-state index < -0.39 is 0 Å². The van der Waals surface area contributed by atoms with Crippen molar-refractivity contribution in [2.75, 3.05) is 11.9 Å². The number of oxazole rings is 1. The Labute approximate surface area is 167 Å². The Morgan fingerprint density at radius 1 is 1.21 bits per heavy atom. The number of ether oxygens (including phenoxy) is 1. The standard InChI is InChI=1S/C21H21N3O3S/c25-20(18-19(27-12-22-18)16-7-4-10-26-16)24-21-23-15-9-8-14(11-17(15)28-21)13-5-2-1-3-6-13/h1-3,5-6,12,14,16H,4,7-11H2,(H,23,24,25)/t14-,16-/m0/s1. The Bertz CT molecular complexity index is 976. The summed E-state index contributed by atoms with van der Waals surface area (Å²) < 4.78 is 11.1. The molecule has 144 valence electrons. The van der Waals surface area contributed by atoms with Crippen LogP contribution in [0.2, 0.25) is 0 Å². The zero-order valence-corrected chi connectivity index (χ0v) is 16.2. The predicted octanol–water partition coefficient (Wildman–Crippen LogP) is 4.51. The molecule has 7 heteroatoms. The van der Waals surface area contributed by atoms with Crippen molar-refractivity contribution in [2.24, 2.45) is 0 Å². The van der Waals surface area contributed by atoms with E-state index in [1.807, 2.05) is 6.07 Å². The summed E-state index contributed by atoms with van der Waals surface area (Å²) in [5.74, 6) is 0.741. The number of hydrogen-bond donors (Lipinski definition) is 1. The second-order valence-corrected chi connectivity index (χ2v) is 8.34. The van der Waals surface area contributed by atoms with Crippen LogP contribution in [-0.4, -0.2) is 22.5 Å². The molecule has 1 fully saturated rings. The van der Waals surface area contributed by atoms with Crippen LogP contribution in [0.4, 0.5) is 5.13 Å². The Kier molecular flexibility index (Phi) is 4.70. The number of nitrogens with one attached hydrogen (secondary N) is 1. The molecule has 0 unspecified atom stereocenters. The summed E-state index contributed by atoms with van der Waals surface area (Å²) in [5.41, 5.74) is 2.77. The van der Waals surface area contributed by atoms with Gasteiger partial charge in [0.05, 0.1) is 5.69 Å². The molecule has 3 aromatic rings. The minimum absolute atomic E-state index is 0.181. The minimum atomic E-state index is -0.287. The van der Waals surface area contributed by atoms with Crippen molar-refractivity contribution in [1.82, 2.24) is 9.97 Å². The zero-order chi connectivity index (χ0) is 18.9. The summed E-state index contributed by atoms with van der Waals surface area (Å²) in [6, 6.07) is 10.6. The summed E-state index contributed by atoms with van der Waals surface area (Å²) in [7, 11) is 0. The monoisotopic (exact) mass is 395 g/mol. The van der Waals surface area contributed by atoms with Crippen LogP contribution in [0.15, 0.2) is 41.1 Å². The van der Waals surface area contributed by atoms with Crippen molar-refractivity contribution in [3.63, 3.8) is 0 Å². The van der Waals surface area contributed by atoms with Crippen molar-refractivity contribution < 1.29 is 13.9 Å². The topological polar surface area (TPSA) is 77.3 Å². The first-order valence-corrected chi connectivity index (χ1v) is 10.5. The fourth-order valence-corrected chi connectivity index (χ4v) is 5.12. The van der Waals surface area contributed by atoms with Crippen LogP contribution in [0.1, 0.15) is 63.7 Å². The molecule has 0 saturated carbocycles. The number of benzene rings is 1. The van der Waals surface area contributed by atoms with Gasteiger partial charge in [0.1, 0.15) is 6.10 Å². The van der Waals surface area contributed by atoms with Gasteiger partial charge in [-0.25, -0.2) is 9.97 Å². The van der Waals surface area contributed by atoms with Gasteiger partial charge in [-0.05, 0) is 43.6 Å². The lowest BCUT2D eigenvalue weighted by Crippen LogP contribution is -2.15. The van der Waals surface area contributed by atoms with Gasteiger partial charge >= 0.3 is 0 Å². The minimum Gasteiger partial charge on any atom is -0.445 e. The van der Waals surface area contributed by atoms with E-state index in [9.17, 15) is 4.79 Å². The van der Waals surface area contributed by atoms with Gasteiger partial charge in [0.15, 0.2) is 23.0 Å². The number of thiazole rings is 1. The number of anilines is 1. The Balaban J connectivity index is 1.31. The first kappa shape index (κ1) is 17.6. The normalized spacial score (nSPS) is 21.4. The number of nitrogens with zero attached hydrogens (tertiary/aromatic N) is 2. The van der Waals surface area contributed by atoms with E-state index in [0.717, 1.165) is 37.8 Å². The second kappa shape index (κ2) is 7.48. The van der Waals surface area contributed by atoms with Crippen molar-refractivity contribution in [3.05, 3.63) is 64.3 Å². The number of carbonyl (C=O) groups excluding carboxylic acids is 1. The fourth-order valence-electron chi connectivity index (χ4n) is 4.03. The highest BCUT2D eigenvalue weighted by molar-refractivity contribution is 7.15. The van der Waals surface area contributed by atoms with E-state index in [0.29, 0.717) is 29.1 Å². The molecule has 1 aliphatic heterocycles. The number of amides is 1. The van der Waals surface area contributed by atoms with Crippen LogP contribution in [0, 0.1) is 0 Å². The molecule has 5 rings (SSSR count). The van der Waals surface area contributed by atoms with Crippen molar-refractivity contribution in [1.29, 1.82) is 0 Å². The SMILES string of the molecule is O=C(Nc1nc2c(s1)C[C@@H](c1ccccc1)CC2)c1ncoc1[C@@H]1CCCO1. The third kappa shape index (κ3) is 3.36. The number of fused-ring (bicyclic) bond motifs is 1. The first-order chi connectivity index (χ1) is 13.8. The highest BCUT2D eigenvalue weighted by Crippen LogP contribution is 2.37. The molecular formula is C21H21N3O3S. The van der Waals surface area contributed by atoms with Crippen LogP contribution in [-0.2, 0) is 17.6 Å². The third-order valence-electron chi connectivity index (χ3n) is 5.46. The number of aryl methyl sites for hydroxylation is 1. The molecular weight excluding hydrogens is 374 g/mol. The molecule has 1 N–H and O–H groups in total. The van der Waals surface area contributed by atoms with Crippen LogP contribution in [0.25, 0.3) is 0 Å². The molecule has 0 radical (unpaired) electrons. The Hall–Kier alpha value is -2.51. The predicted molar refractivity (Wildman–Crippen MR) is 106 cm³/mol. The largest absolute Gasteiger partial charge is 0.445 e. The number of carbonyl (C=O) groups is 1. The summed E-state index contributed by atoms with van der Waals surface area (Å²) >= 11 is 1.56. The fraction of sp³-hybridized carbons (Fsp3) is 0.381. The molecule has 2 aromatic heterocycles. The number of rotatable bonds is 4. The van der Waals surface area contributed by atoms with Crippen LogP contribution in [0.5, 0.6) is 0 Å². The van der Waals surface area contributed by atoms with E-state index in [1.54, 1.807) is 11.3 Å². The smallest absolute Gasteiger partial charge is 0.279 e. The maximum atomic E-state index is 12.7. The van der Waals surface area contributed by atoms with Crippen LogP contribution >= 0.6 is 11.3 Å². The highest BCUT2D eigenvalue weighted by Gasteiger charge is 2.29. The lowest BCUT2D eigenvalue weighted by molar-refractivity contribution is 0.0889. The molecule has 28 heavy (non-hydrogen) atoms. The molecule has 3 heterocycles. The molecule has 6 nitrogen and oxygen atoms in total. The second-order valence-electron chi connectivity index (χ2n) is 7.26. The summed E-state index contributed by atoms with van der Waals surface area (Å²) in [4.78, 5) is 22.7. The van der Waals surface area contributed by atoms with Crippen molar-refractivity contribution in [3.8, 4) is 0 Å². The van der Waals surface area contributed by atoms with Gasteiger partial charge in [-0.3, -0.25) is 10.1 Å². The molecule has 2 atom stereocenters. The van der Waals surface area contributed by atoms with E-state index in [2.05, 4.69) is 39.6 Å². The molecule has 0 bridgehead atoms. The van der Waals surface area contributed by atoms with Gasteiger partial charge in [-0.1, -0.05) is 30.3 Å². The van der Waals surface area contributed by atoms with Gasteiger partial charge in [0, 0.05) is 11.5 Å². The van der Waals surface area contributed by atoms with Gasteiger partial charge in [0.25, 0.3) is 5.91 Å². The van der Waals surface area contributed by atoms with Gasteiger partial charge < -0.3 is 9.15 Å². The molecule has 1 aromatic carbocycles. The highest BCUT2D eigenvalue weighted by atomic mass is 32.1. The van der Waals surface area contributed by atoms with E-state index in [4.69, 9.17) is 9.15 Å².